The molecule has 0 saturated heterocycles. The molecule has 1 aromatic rings. The van der Waals surface area contributed by atoms with Crippen LogP contribution in [0.15, 0.2) is 21.9 Å². The quantitative estimate of drug-likeness (QED) is 0.745. The fourth-order valence-electron chi connectivity index (χ4n) is 1.27. The van der Waals surface area contributed by atoms with Crippen LogP contribution in [0.1, 0.15) is 20.3 Å². The Bertz CT molecular complexity index is 531. The molecule has 0 atom stereocenters. The zero-order valence-corrected chi connectivity index (χ0v) is 9.73. The summed E-state index contributed by atoms with van der Waals surface area (Å²) in [6, 6.07) is 3.49. The summed E-state index contributed by atoms with van der Waals surface area (Å²) in [5.74, 6) is 0. The van der Waals surface area contributed by atoms with Crippen molar-refractivity contribution in [3.63, 3.8) is 0 Å². The van der Waals surface area contributed by atoms with E-state index in [1.54, 1.807) is 20.9 Å². The zero-order valence-electron chi connectivity index (χ0n) is 9.73. The van der Waals surface area contributed by atoms with Gasteiger partial charge in [-0.15, -0.1) is 0 Å². The van der Waals surface area contributed by atoms with E-state index in [1.807, 2.05) is 0 Å². The van der Waals surface area contributed by atoms with E-state index < -0.39 is 5.41 Å². The van der Waals surface area contributed by atoms with Crippen molar-refractivity contribution in [3.8, 4) is 6.07 Å². The van der Waals surface area contributed by atoms with Crippen LogP contribution in [-0.4, -0.2) is 9.13 Å². The molecule has 16 heavy (non-hydrogen) atoms. The van der Waals surface area contributed by atoms with Crippen LogP contribution in [0.5, 0.6) is 0 Å². The third kappa shape index (κ3) is 2.60. The minimum absolute atomic E-state index is 0.271. The normalized spacial score (nSPS) is 11.1. The van der Waals surface area contributed by atoms with Gasteiger partial charge in [0.1, 0.15) is 0 Å². The monoisotopic (exact) mass is 221 g/mol. The topological polar surface area (TPSA) is 67.8 Å². The fraction of sp³-hybridized carbons (Fsp3) is 0.545. The van der Waals surface area contributed by atoms with Gasteiger partial charge in [0.15, 0.2) is 0 Å². The maximum atomic E-state index is 11.6. The van der Waals surface area contributed by atoms with Gasteiger partial charge in [0.05, 0.1) is 11.5 Å². The average molecular weight is 221 g/mol. The van der Waals surface area contributed by atoms with Gasteiger partial charge in [0, 0.05) is 25.9 Å². The van der Waals surface area contributed by atoms with Gasteiger partial charge < -0.3 is 4.57 Å². The first-order valence-electron chi connectivity index (χ1n) is 5.05. The standard InChI is InChI=1S/C11H15N3O2/c1-11(2,8-12)5-7-14-9(15)4-6-13(3)10(14)16/h4,6H,5,7H2,1-3H3. The van der Waals surface area contributed by atoms with E-state index in [1.165, 1.54) is 16.8 Å². The van der Waals surface area contributed by atoms with Crippen molar-refractivity contribution in [1.82, 2.24) is 9.13 Å². The van der Waals surface area contributed by atoms with Crippen LogP contribution in [0.25, 0.3) is 0 Å². The minimum atomic E-state index is -0.527. The number of nitriles is 1. The highest BCUT2D eigenvalue weighted by molar-refractivity contribution is 4.92. The molecular formula is C11H15N3O2. The summed E-state index contributed by atoms with van der Waals surface area (Å²) in [4.78, 5) is 23.1. The molecule has 0 bridgehead atoms. The first kappa shape index (κ1) is 12.2. The van der Waals surface area contributed by atoms with Crippen LogP contribution < -0.4 is 11.2 Å². The molecule has 5 heteroatoms. The Morgan fingerprint density at radius 2 is 2.06 bits per heavy atom. The summed E-state index contributed by atoms with van der Waals surface area (Å²) in [6.45, 7) is 3.84. The van der Waals surface area contributed by atoms with E-state index in [0.29, 0.717) is 6.42 Å². The Morgan fingerprint density at radius 1 is 1.44 bits per heavy atom. The van der Waals surface area contributed by atoms with E-state index in [0.717, 1.165) is 4.57 Å². The highest BCUT2D eigenvalue weighted by Crippen LogP contribution is 2.18. The van der Waals surface area contributed by atoms with Gasteiger partial charge in [-0.25, -0.2) is 4.79 Å². The number of hydrogen-bond acceptors (Lipinski definition) is 3. The Kier molecular flexibility index (Phi) is 3.33. The lowest BCUT2D eigenvalue weighted by Crippen LogP contribution is -2.38. The van der Waals surface area contributed by atoms with Gasteiger partial charge in [-0.05, 0) is 20.3 Å². The van der Waals surface area contributed by atoms with Crippen LogP contribution >= 0.6 is 0 Å². The summed E-state index contributed by atoms with van der Waals surface area (Å²) < 4.78 is 2.50. The number of aryl methyl sites for hydroxylation is 1. The summed E-state index contributed by atoms with van der Waals surface area (Å²) in [7, 11) is 1.59. The van der Waals surface area contributed by atoms with Crippen LogP contribution in [0.2, 0.25) is 0 Å². The zero-order chi connectivity index (χ0) is 12.3. The molecule has 0 aromatic carbocycles. The van der Waals surface area contributed by atoms with E-state index in [-0.39, 0.29) is 17.8 Å². The Balaban J connectivity index is 3.01. The molecule has 0 fully saturated rings. The molecule has 1 aromatic heterocycles. The Hall–Kier alpha value is -1.83. The van der Waals surface area contributed by atoms with Gasteiger partial charge in [0.2, 0.25) is 0 Å². The van der Waals surface area contributed by atoms with Crippen LogP contribution in [0.4, 0.5) is 0 Å². The molecule has 86 valence electrons. The number of rotatable bonds is 3. The molecule has 0 aliphatic rings. The van der Waals surface area contributed by atoms with Crippen molar-refractivity contribution in [2.45, 2.75) is 26.8 Å². The van der Waals surface area contributed by atoms with Crippen molar-refractivity contribution in [2.75, 3.05) is 0 Å². The smallest absolute Gasteiger partial charge is 0.303 e. The second kappa shape index (κ2) is 4.35. The fourth-order valence-corrected chi connectivity index (χ4v) is 1.27. The van der Waals surface area contributed by atoms with Crippen LogP contribution in [-0.2, 0) is 13.6 Å². The number of hydrogen-bond donors (Lipinski definition) is 0. The summed E-state index contributed by atoms with van der Waals surface area (Å²) in [6.07, 6.45) is 1.92. The van der Waals surface area contributed by atoms with Crippen LogP contribution in [0, 0.1) is 16.7 Å². The summed E-state index contributed by atoms with van der Waals surface area (Å²) in [5, 5.41) is 8.84. The van der Waals surface area contributed by atoms with Crippen molar-refractivity contribution in [1.29, 1.82) is 5.26 Å². The lowest BCUT2D eigenvalue weighted by Gasteiger charge is -2.15. The van der Waals surface area contributed by atoms with Gasteiger partial charge in [-0.2, -0.15) is 5.26 Å². The van der Waals surface area contributed by atoms with Crippen molar-refractivity contribution in [2.24, 2.45) is 12.5 Å². The maximum absolute atomic E-state index is 11.6. The lowest BCUT2D eigenvalue weighted by atomic mass is 9.91. The van der Waals surface area contributed by atoms with E-state index in [4.69, 9.17) is 5.26 Å². The molecule has 1 heterocycles. The molecular weight excluding hydrogens is 206 g/mol. The molecule has 0 radical (unpaired) electrons. The molecule has 1 rings (SSSR count). The second-order valence-corrected chi connectivity index (χ2v) is 4.44. The largest absolute Gasteiger partial charge is 0.330 e. The summed E-state index contributed by atoms with van der Waals surface area (Å²) in [5.41, 5.74) is -1.20. The molecule has 0 amide bonds. The molecule has 0 aliphatic heterocycles. The van der Waals surface area contributed by atoms with E-state index >= 15 is 0 Å². The van der Waals surface area contributed by atoms with Crippen molar-refractivity contribution >= 4 is 0 Å². The van der Waals surface area contributed by atoms with Gasteiger partial charge >= 0.3 is 5.69 Å². The molecule has 0 unspecified atom stereocenters. The van der Waals surface area contributed by atoms with Crippen molar-refractivity contribution < 1.29 is 0 Å². The lowest BCUT2D eigenvalue weighted by molar-refractivity contribution is 0.399. The van der Waals surface area contributed by atoms with Crippen molar-refractivity contribution in [3.05, 3.63) is 33.1 Å². The molecule has 5 nitrogen and oxygen atoms in total. The van der Waals surface area contributed by atoms with Gasteiger partial charge in [0.25, 0.3) is 5.56 Å². The molecule has 0 aliphatic carbocycles. The highest BCUT2D eigenvalue weighted by Gasteiger charge is 2.17. The highest BCUT2D eigenvalue weighted by atomic mass is 16.2. The Morgan fingerprint density at radius 3 is 2.62 bits per heavy atom. The third-order valence-corrected chi connectivity index (χ3v) is 2.50. The van der Waals surface area contributed by atoms with E-state index in [2.05, 4.69) is 6.07 Å². The first-order chi connectivity index (χ1) is 7.37. The third-order valence-electron chi connectivity index (χ3n) is 2.50. The van der Waals surface area contributed by atoms with Gasteiger partial charge in [-0.3, -0.25) is 9.36 Å². The van der Waals surface area contributed by atoms with E-state index in [9.17, 15) is 9.59 Å². The minimum Gasteiger partial charge on any atom is -0.303 e. The first-order valence-corrected chi connectivity index (χ1v) is 5.05. The SMILES string of the molecule is Cn1ccc(=O)n(CCC(C)(C)C#N)c1=O. The molecule has 0 N–H and O–H groups in total. The second-order valence-electron chi connectivity index (χ2n) is 4.44. The molecule has 0 spiro atoms. The average Bonchev–Trinajstić information content (AvgIpc) is 2.24. The van der Waals surface area contributed by atoms with Crippen LogP contribution in [0.3, 0.4) is 0 Å². The van der Waals surface area contributed by atoms with Gasteiger partial charge in [-0.1, -0.05) is 0 Å². The summed E-state index contributed by atoms with van der Waals surface area (Å²) >= 11 is 0. The predicted molar refractivity (Wildman–Crippen MR) is 60.0 cm³/mol. The molecule has 0 saturated carbocycles. The number of aromatic nitrogens is 2. The Labute approximate surface area is 93.6 Å². The predicted octanol–water partition coefficient (Wildman–Crippen LogP) is 0.487. The maximum Gasteiger partial charge on any atom is 0.330 e. The number of nitrogens with zero attached hydrogens (tertiary/aromatic N) is 3.